The minimum atomic E-state index is -1.34. The van der Waals surface area contributed by atoms with Crippen molar-refractivity contribution >= 4 is 35.6 Å². The molecular weight excluding hydrogens is 630 g/mol. The fourth-order valence-corrected chi connectivity index (χ4v) is 6.91. The van der Waals surface area contributed by atoms with Gasteiger partial charge in [-0.3, -0.25) is 19.2 Å². The molecule has 7 unspecified atom stereocenters. The van der Waals surface area contributed by atoms with Crippen LogP contribution in [0.25, 0.3) is 0 Å². The average molecular weight is 684 g/mol. The Hall–Kier alpha value is -4.20. The molecule has 14 nitrogen and oxygen atoms in total. The van der Waals surface area contributed by atoms with Crippen molar-refractivity contribution < 1.29 is 33.5 Å². The van der Waals surface area contributed by atoms with E-state index in [2.05, 4.69) is 21.3 Å². The van der Waals surface area contributed by atoms with Gasteiger partial charge in [-0.15, -0.1) is 0 Å². The van der Waals surface area contributed by atoms with Crippen LogP contribution in [0.5, 0.6) is 0 Å². The Morgan fingerprint density at radius 3 is 2.41 bits per heavy atom. The topological polar surface area (TPSA) is 169 Å². The van der Waals surface area contributed by atoms with Gasteiger partial charge in [0.05, 0.1) is 6.04 Å². The molecule has 6 amide bonds. The zero-order valence-corrected chi connectivity index (χ0v) is 29.4. The van der Waals surface area contributed by atoms with Gasteiger partial charge in [-0.05, 0) is 57.9 Å². The molecule has 3 aliphatic heterocycles. The van der Waals surface area contributed by atoms with Gasteiger partial charge in [0, 0.05) is 45.2 Å². The molecule has 1 aromatic rings. The lowest BCUT2D eigenvalue weighted by Crippen LogP contribution is -2.60. The maximum atomic E-state index is 14.3. The monoisotopic (exact) mass is 683 g/mol. The summed E-state index contributed by atoms with van der Waals surface area (Å²) in [7, 11) is 0. The summed E-state index contributed by atoms with van der Waals surface area (Å²) in [5.41, 5.74) is 0.786. The zero-order chi connectivity index (χ0) is 35.7. The number of carbonyl (C=O) groups excluding carboxylic acids is 6. The molecule has 0 saturated carbocycles. The van der Waals surface area contributed by atoms with Crippen molar-refractivity contribution in [3.63, 3.8) is 0 Å². The minimum Gasteiger partial charge on any atom is -0.461 e. The number of hydrogen-bond acceptors (Lipinski definition) is 8. The van der Waals surface area contributed by atoms with E-state index in [4.69, 9.17) is 4.74 Å². The first-order valence-corrected chi connectivity index (χ1v) is 17.6. The molecule has 0 aromatic heterocycles. The van der Waals surface area contributed by atoms with Gasteiger partial charge in [-0.1, -0.05) is 44.2 Å². The Morgan fingerprint density at radius 2 is 1.71 bits per heavy atom. The highest BCUT2D eigenvalue weighted by Gasteiger charge is 2.44. The number of hydrogen-bond donors (Lipinski definition) is 4. The maximum Gasteiger partial charge on any atom is 0.328 e. The van der Waals surface area contributed by atoms with E-state index in [-0.39, 0.29) is 30.2 Å². The highest BCUT2D eigenvalue weighted by Crippen LogP contribution is 2.26. The summed E-state index contributed by atoms with van der Waals surface area (Å²) in [5.74, 6) is -2.26. The lowest BCUT2D eigenvalue weighted by Gasteiger charge is -2.36. The molecule has 7 atom stereocenters. The SMILES string of the molecule is CCCN1C(=O)C2CCCN2C(=O)C(NC(=O)C(Cc2ccccc2)NC(=O)NCC)COC(=O)C2CC(C)CN2C(=O)C(C)NCC1C. The number of esters is 1. The number of rotatable bonds is 8. The molecule has 3 aliphatic rings. The Kier molecular flexibility index (Phi) is 13.4. The first kappa shape index (κ1) is 37.6. The molecule has 0 aliphatic carbocycles. The number of cyclic esters (lactones) is 1. The third-order valence-corrected chi connectivity index (χ3v) is 9.50. The summed E-state index contributed by atoms with van der Waals surface area (Å²) < 4.78 is 5.73. The molecule has 0 spiro atoms. The van der Waals surface area contributed by atoms with Crippen LogP contribution < -0.4 is 21.3 Å². The van der Waals surface area contributed by atoms with E-state index in [0.717, 1.165) is 5.56 Å². The minimum absolute atomic E-state index is 0.0500. The van der Waals surface area contributed by atoms with Gasteiger partial charge in [0.25, 0.3) is 0 Å². The lowest BCUT2D eigenvalue weighted by atomic mass is 10.0. The third kappa shape index (κ3) is 9.49. The van der Waals surface area contributed by atoms with Gasteiger partial charge >= 0.3 is 12.0 Å². The first-order chi connectivity index (χ1) is 23.4. The second-order valence-corrected chi connectivity index (χ2v) is 13.5. The van der Waals surface area contributed by atoms with Crippen LogP contribution in [0.1, 0.15) is 65.9 Å². The van der Waals surface area contributed by atoms with Gasteiger partial charge in [0.2, 0.25) is 23.6 Å². The van der Waals surface area contributed by atoms with Crippen LogP contribution in [0, 0.1) is 5.92 Å². The fourth-order valence-electron chi connectivity index (χ4n) is 6.91. The molecule has 4 N–H and O–H groups in total. The van der Waals surface area contributed by atoms with Crippen LogP contribution in [0.2, 0.25) is 0 Å². The van der Waals surface area contributed by atoms with Crippen molar-refractivity contribution in [2.75, 3.05) is 39.3 Å². The number of urea groups is 1. The number of fused-ring (bicyclic) bond motifs is 2. The Balaban J connectivity index is 1.67. The van der Waals surface area contributed by atoms with Gasteiger partial charge in [0.1, 0.15) is 30.8 Å². The molecule has 0 bridgehead atoms. The molecular formula is C35H53N7O7. The summed E-state index contributed by atoms with van der Waals surface area (Å²) in [6.45, 7) is 10.7. The molecule has 3 fully saturated rings. The first-order valence-electron chi connectivity index (χ1n) is 17.6. The number of nitrogens with zero attached hydrogens (tertiary/aromatic N) is 3. The predicted molar refractivity (Wildman–Crippen MR) is 182 cm³/mol. The summed E-state index contributed by atoms with van der Waals surface area (Å²) in [4.78, 5) is 86.7. The van der Waals surface area contributed by atoms with E-state index in [1.54, 1.807) is 18.7 Å². The second kappa shape index (κ2) is 17.5. The van der Waals surface area contributed by atoms with Crippen LogP contribution >= 0.6 is 0 Å². The van der Waals surface area contributed by atoms with Crippen molar-refractivity contribution in [3.8, 4) is 0 Å². The normalized spacial score (nSPS) is 27.7. The van der Waals surface area contributed by atoms with Crippen molar-refractivity contribution in [2.45, 2.75) is 103 Å². The summed E-state index contributed by atoms with van der Waals surface area (Å²) in [5, 5.41) is 11.3. The largest absolute Gasteiger partial charge is 0.461 e. The number of ether oxygens (including phenoxy) is 1. The van der Waals surface area contributed by atoms with Crippen molar-refractivity contribution in [2.24, 2.45) is 5.92 Å². The van der Waals surface area contributed by atoms with E-state index in [1.165, 1.54) is 9.80 Å². The molecule has 3 saturated heterocycles. The van der Waals surface area contributed by atoms with Gasteiger partial charge < -0.3 is 40.7 Å². The number of benzene rings is 1. The van der Waals surface area contributed by atoms with E-state index in [1.807, 2.05) is 51.1 Å². The number of carbonyl (C=O) groups is 6. The summed E-state index contributed by atoms with van der Waals surface area (Å²) >= 11 is 0. The Morgan fingerprint density at radius 1 is 0.980 bits per heavy atom. The van der Waals surface area contributed by atoms with Crippen molar-refractivity contribution in [1.29, 1.82) is 0 Å². The predicted octanol–water partition coefficient (Wildman–Crippen LogP) is 0.792. The average Bonchev–Trinajstić information content (AvgIpc) is 3.74. The van der Waals surface area contributed by atoms with Crippen LogP contribution in [-0.2, 0) is 35.1 Å². The molecule has 4 rings (SSSR count). The highest BCUT2D eigenvalue weighted by molar-refractivity contribution is 5.95. The van der Waals surface area contributed by atoms with Gasteiger partial charge in [-0.25, -0.2) is 9.59 Å². The summed E-state index contributed by atoms with van der Waals surface area (Å²) in [6.07, 6.45) is 2.29. The Bertz CT molecular complexity index is 1340. The smallest absolute Gasteiger partial charge is 0.328 e. The number of amides is 6. The molecule has 49 heavy (non-hydrogen) atoms. The van der Waals surface area contributed by atoms with E-state index < -0.39 is 60.6 Å². The standard InChI is InChI=1S/C35H53N7O7/c1-6-15-40-23(4)19-37-24(5)31(44)42-20-22(3)17-29(42)34(47)49-21-27(32(45)41-16-11-14-28(41)33(40)46)38-30(43)26(39-35(48)36-7-2)18-25-12-9-8-10-13-25/h8-10,12-13,22-24,26-29,37H,6-7,11,14-21H2,1-5H3,(H,38,43)(H2,36,39,48). The van der Waals surface area contributed by atoms with Gasteiger partial charge in [-0.2, -0.15) is 0 Å². The zero-order valence-electron chi connectivity index (χ0n) is 29.4. The molecule has 3 heterocycles. The quantitative estimate of drug-likeness (QED) is 0.292. The molecule has 0 radical (unpaired) electrons. The fraction of sp³-hybridized carbons (Fsp3) is 0.657. The van der Waals surface area contributed by atoms with E-state index >= 15 is 0 Å². The van der Waals surface area contributed by atoms with Crippen LogP contribution in [0.4, 0.5) is 4.79 Å². The van der Waals surface area contributed by atoms with Crippen LogP contribution in [0.3, 0.4) is 0 Å². The second-order valence-electron chi connectivity index (χ2n) is 13.5. The summed E-state index contributed by atoms with van der Waals surface area (Å²) in [6, 6.07) is 3.71. The highest BCUT2D eigenvalue weighted by atomic mass is 16.5. The molecule has 1 aromatic carbocycles. The van der Waals surface area contributed by atoms with Crippen molar-refractivity contribution in [1.82, 2.24) is 36.0 Å². The van der Waals surface area contributed by atoms with Crippen molar-refractivity contribution in [3.05, 3.63) is 35.9 Å². The van der Waals surface area contributed by atoms with E-state index in [0.29, 0.717) is 58.4 Å². The maximum absolute atomic E-state index is 14.3. The third-order valence-electron chi connectivity index (χ3n) is 9.50. The van der Waals surface area contributed by atoms with Gasteiger partial charge in [0.15, 0.2) is 0 Å². The molecule has 14 heteroatoms. The van der Waals surface area contributed by atoms with Crippen LogP contribution in [0.15, 0.2) is 30.3 Å². The van der Waals surface area contributed by atoms with Crippen LogP contribution in [-0.4, -0.2) is 126 Å². The lowest BCUT2D eigenvalue weighted by molar-refractivity contribution is -0.157. The van der Waals surface area contributed by atoms with E-state index in [9.17, 15) is 28.8 Å². The molecule has 270 valence electrons. The number of nitrogens with one attached hydrogen (secondary N) is 4. The Labute approximate surface area is 289 Å².